The van der Waals surface area contributed by atoms with Crippen LogP contribution < -0.4 is 0 Å². The summed E-state index contributed by atoms with van der Waals surface area (Å²) in [4.78, 5) is 73.2. The van der Waals surface area contributed by atoms with Crippen LogP contribution in [0.3, 0.4) is 0 Å². The van der Waals surface area contributed by atoms with Crippen LogP contribution in [0.1, 0.15) is 446 Å². The van der Waals surface area contributed by atoms with Gasteiger partial charge in [0.2, 0.25) is 0 Å². The van der Waals surface area contributed by atoms with Crippen molar-refractivity contribution in [2.45, 2.75) is 464 Å². The summed E-state index contributed by atoms with van der Waals surface area (Å²) in [7, 11) is -9.93. The van der Waals surface area contributed by atoms with Gasteiger partial charge in [-0.25, -0.2) is 9.13 Å². The molecule has 19 heteroatoms. The number of phosphoric acid groups is 2. The van der Waals surface area contributed by atoms with Gasteiger partial charge < -0.3 is 33.8 Å². The highest BCUT2D eigenvalue weighted by Crippen LogP contribution is 2.45. The quantitative estimate of drug-likeness (QED) is 0.0222. The molecule has 0 aliphatic rings. The number of aliphatic hydroxyl groups is 1. The highest BCUT2D eigenvalue weighted by molar-refractivity contribution is 7.47. The van der Waals surface area contributed by atoms with E-state index in [1.54, 1.807) is 0 Å². The van der Waals surface area contributed by atoms with Crippen molar-refractivity contribution in [3.05, 3.63) is 0 Å². The Morgan fingerprint density at radius 1 is 0.262 bits per heavy atom. The first kappa shape index (κ1) is 101. The Bertz CT molecular complexity index is 1980. The number of aliphatic hydroxyl groups excluding tert-OH is 1. The first-order valence-corrected chi connectivity index (χ1v) is 46.5. The van der Waals surface area contributed by atoms with Gasteiger partial charge in [0.05, 0.1) is 26.4 Å². The predicted molar refractivity (Wildman–Crippen MR) is 423 cm³/mol. The Kier molecular flexibility index (Phi) is 74.1. The molecule has 0 rings (SSSR count). The smallest absolute Gasteiger partial charge is 0.462 e. The van der Waals surface area contributed by atoms with Crippen LogP contribution in [-0.2, 0) is 65.4 Å². The molecule has 0 heterocycles. The summed E-state index contributed by atoms with van der Waals surface area (Å²) in [6.45, 7) is 9.71. The van der Waals surface area contributed by atoms with Gasteiger partial charge in [-0.1, -0.05) is 395 Å². The predicted octanol–water partition coefficient (Wildman–Crippen LogP) is 25.5. The second-order valence-electron chi connectivity index (χ2n) is 31.2. The van der Waals surface area contributed by atoms with Gasteiger partial charge in [-0.05, 0) is 37.5 Å². The lowest BCUT2D eigenvalue weighted by Gasteiger charge is -2.21. The van der Waals surface area contributed by atoms with Gasteiger partial charge in [0, 0.05) is 25.7 Å². The zero-order chi connectivity index (χ0) is 75.6. The van der Waals surface area contributed by atoms with Crippen LogP contribution >= 0.6 is 15.6 Å². The Morgan fingerprint density at radius 3 is 0.660 bits per heavy atom. The van der Waals surface area contributed by atoms with Crippen molar-refractivity contribution < 1.29 is 80.2 Å². The third-order valence-corrected chi connectivity index (χ3v) is 21.6. The fourth-order valence-corrected chi connectivity index (χ4v) is 14.6. The molecular formula is C84H164O17P2. The average Bonchev–Trinajstić information content (AvgIpc) is 0.930. The van der Waals surface area contributed by atoms with E-state index >= 15 is 0 Å². The maximum atomic E-state index is 13.1. The molecule has 0 aromatic heterocycles. The van der Waals surface area contributed by atoms with E-state index < -0.39 is 97.5 Å². The summed E-state index contributed by atoms with van der Waals surface area (Å²) >= 11 is 0. The molecule has 0 aliphatic carbocycles. The molecule has 0 fully saturated rings. The summed E-state index contributed by atoms with van der Waals surface area (Å²) < 4.78 is 68.9. The lowest BCUT2D eigenvalue weighted by Crippen LogP contribution is -2.30. The molecule has 5 atom stereocenters. The van der Waals surface area contributed by atoms with E-state index in [1.165, 1.54) is 263 Å². The molecule has 103 heavy (non-hydrogen) atoms. The molecule has 2 unspecified atom stereocenters. The van der Waals surface area contributed by atoms with Crippen molar-refractivity contribution in [3.8, 4) is 0 Å². The maximum absolute atomic E-state index is 13.1. The van der Waals surface area contributed by atoms with Crippen molar-refractivity contribution >= 4 is 39.5 Å². The van der Waals surface area contributed by atoms with Crippen LogP contribution in [0, 0.1) is 11.8 Å². The zero-order valence-electron chi connectivity index (χ0n) is 67.6. The van der Waals surface area contributed by atoms with Crippen LogP contribution in [0.4, 0.5) is 0 Å². The van der Waals surface area contributed by atoms with E-state index in [4.69, 9.17) is 37.0 Å². The number of hydrogen-bond acceptors (Lipinski definition) is 15. The van der Waals surface area contributed by atoms with Crippen molar-refractivity contribution in [3.63, 3.8) is 0 Å². The van der Waals surface area contributed by atoms with Crippen LogP contribution in [-0.4, -0.2) is 96.7 Å². The van der Waals surface area contributed by atoms with Gasteiger partial charge in [0.1, 0.15) is 19.3 Å². The molecule has 3 N–H and O–H groups in total. The Hall–Kier alpha value is -1.94. The van der Waals surface area contributed by atoms with E-state index in [9.17, 15) is 43.2 Å². The van der Waals surface area contributed by atoms with Crippen molar-refractivity contribution in [2.24, 2.45) is 11.8 Å². The second-order valence-corrected chi connectivity index (χ2v) is 34.1. The topological polar surface area (TPSA) is 237 Å². The standard InChI is InChI=1S/C84H164O17P2/c1-7-9-11-13-15-17-19-21-22-23-24-31-37-43-49-55-61-67-82(87)95-73-80(100-83(88)68-62-56-50-44-38-32-26-25-29-34-40-46-52-58-64-76(3)4)75-99-103(92,93)97-71-78(85)70-96-102(90,91)98-74-79(72-94-81(86)66-60-54-48-42-36-28-20-18-16-14-12-10-8-2)101-84(89)69-63-57-51-45-39-33-27-30-35-41-47-53-59-65-77(5)6/h76-80,85H,7-75H2,1-6H3,(H,90,91)(H,92,93)/t78-,79+,80+/m0/s1. The molecule has 0 bridgehead atoms. The lowest BCUT2D eigenvalue weighted by molar-refractivity contribution is -0.161. The third-order valence-electron chi connectivity index (χ3n) is 19.7. The SMILES string of the molecule is CCCCCCCCCCCCCCCCCCCC(=O)OC[C@H](COP(=O)(O)OC[C@@H](O)COP(=O)(O)OC[C@@H](COC(=O)CCCCCCCCCCCCCCC)OC(=O)CCCCCCCCCCCCCCCC(C)C)OC(=O)CCCCCCCCCCCCCCCCC(C)C. The molecule has 17 nitrogen and oxygen atoms in total. The highest BCUT2D eigenvalue weighted by Gasteiger charge is 2.30. The van der Waals surface area contributed by atoms with Crippen LogP contribution in [0.5, 0.6) is 0 Å². The van der Waals surface area contributed by atoms with E-state index in [0.29, 0.717) is 25.7 Å². The molecule has 612 valence electrons. The van der Waals surface area contributed by atoms with E-state index in [2.05, 4.69) is 41.5 Å². The summed E-state index contributed by atoms with van der Waals surface area (Å²) in [6, 6.07) is 0. The van der Waals surface area contributed by atoms with Gasteiger partial charge in [-0.2, -0.15) is 0 Å². The minimum atomic E-state index is -4.96. The number of rotatable bonds is 83. The third kappa shape index (κ3) is 78.0. The van der Waals surface area contributed by atoms with Crippen LogP contribution in [0.2, 0.25) is 0 Å². The van der Waals surface area contributed by atoms with Crippen LogP contribution in [0.15, 0.2) is 0 Å². The average molecular weight is 1510 g/mol. The van der Waals surface area contributed by atoms with E-state index in [1.807, 2.05) is 0 Å². The monoisotopic (exact) mass is 1510 g/mol. The number of ether oxygens (including phenoxy) is 4. The zero-order valence-corrected chi connectivity index (χ0v) is 69.4. The Balaban J connectivity index is 5.27. The number of unbranched alkanes of at least 4 members (excludes halogenated alkanes) is 53. The normalized spacial score (nSPS) is 13.9. The Labute approximate surface area is 632 Å². The fourth-order valence-electron chi connectivity index (χ4n) is 13.1. The number of carbonyl (C=O) groups is 4. The first-order valence-electron chi connectivity index (χ1n) is 43.5. The number of esters is 4. The number of hydrogen-bond donors (Lipinski definition) is 3. The van der Waals surface area contributed by atoms with Gasteiger partial charge in [0.15, 0.2) is 12.2 Å². The van der Waals surface area contributed by atoms with Gasteiger partial charge in [-0.15, -0.1) is 0 Å². The van der Waals surface area contributed by atoms with Gasteiger partial charge in [-0.3, -0.25) is 37.3 Å². The fraction of sp³-hybridized carbons (Fsp3) is 0.952. The molecule has 0 aromatic carbocycles. The summed E-state index contributed by atoms with van der Waals surface area (Å²) in [5, 5.41) is 10.7. The van der Waals surface area contributed by atoms with Crippen molar-refractivity contribution in [1.29, 1.82) is 0 Å². The number of carbonyl (C=O) groups excluding carboxylic acids is 4. The van der Waals surface area contributed by atoms with E-state index in [0.717, 1.165) is 102 Å². The number of phosphoric ester groups is 2. The molecule has 0 radical (unpaired) electrons. The summed E-state index contributed by atoms with van der Waals surface area (Å²) in [5.74, 6) is -0.520. The second kappa shape index (κ2) is 75.5. The minimum Gasteiger partial charge on any atom is -0.462 e. The maximum Gasteiger partial charge on any atom is 0.472 e. The molecule has 0 spiro atoms. The largest absolute Gasteiger partial charge is 0.472 e. The Morgan fingerprint density at radius 2 is 0.447 bits per heavy atom. The first-order chi connectivity index (χ1) is 49.9. The van der Waals surface area contributed by atoms with Gasteiger partial charge >= 0.3 is 39.5 Å². The summed E-state index contributed by atoms with van der Waals surface area (Å²) in [6.07, 6.45) is 66.4. The van der Waals surface area contributed by atoms with Crippen LogP contribution in [0.25, 0.3) is 0 Å². The van der Waals surface area contributed by atoms with E-state index in [-0.39, 0.29) is 25.7 Å². The molecule has 0 saturated carbocycles. The van der Waals surface area contributed by atoms with Crippen molar-refractivity contribution in [1.82, 2.24) is 0 Å². The van der Waals surface area contributed by atoms with Crippen molar-refractivity contribution in [2.75, 3.05) is 39.6 Å². The molecule has 0 saturated heterocycles. The summed E-state index contributed by atoms with van der Waals surface area (Å²) in [5.41, 5.74) is 0. The molecule has 0 aromatic rings. The minimum absolute atomic E-state index is 0.108. The lowest BCUT2D eigenvalue weighted by atomic mass is 10.0. The molecular weight excluding hydrogens is 1340 g/mol. The highest BCUT2D eigenvalue weighted by atomic mass is 31.2. The van der Waals surface area contributed by atoms with Gasteiger partial charge in [0.25, 0.3) is 0 Å². The molecule has 0 aliphatic heterocycles. The molecule has 0 amide bonds.